The number of pyridine rings is 1. The highest BCUT2D eigenvalue weighted by Crippen LogP contribution is 2.40. The summed E-state index contributed by atoms with van der Waals surface area (Å²) in [7, 11) is 0. The van der Waals surface area contributed by atoms with Gasteiger partial charge >= 0.3 is 0 Å². The smallest absolute Gasteiger partial charge is 0.0571 e. The van der Waals surface area contributed by atoms with Crippen molar-refractivity contribution in [3.63, 3.8) is 0 Å². The fraction of sp³-hybridized carbons (Fsp3) is 0.0893. The second kappa shape index (κ2) is 16.0. The van der Waals surface area contributed by atoms with Crippen molar-refractivity contribution < 1.29 is 0 Å². The summed E-state index contributed by atoms with van der Waals surface area (Å²) in [6.45, 7) is 0. The molecule has 0 saturated heterocycles. The van der Waals surface area contributed by atoms with Crippen molar-refractivity contribution in [3.8, 4) is 5.69 Å². The number of para-hydroxylation sites is 1. The zero-order chi connectivity index (χ0) is 39.5. The van der Waals surface area contributed by atoms with Crippen LogP contribution < -0.4 is 5.73 Å². The second-order valence-corrected chi connectivity index (χ2v) is 15.7. The molecule has 3 heteroatoms. The van der Waals surface area contributed by atoms with Gasteiger partial charge in [-0.3, -0.25) is 4.98 Å². The van der Waals surface area contributed by atoms with E-state index in [0.717, 1.165) is 53.4 Å². The third kappa shape index (κ3) is 7.17. The Labute approximate surface area is 346 Å². The second-order valence-electron chi connectivity index (χ2n) is 15.7. The molecule has 0 saturated carbocycles. The molecule has 1 unspecified atom stereocenters. The number of hydrogen-bond donors (Lipinski definition) is 1. The van der Waals surface area contributed by atoms with Gasteiger partial charge < -0.3 is 10.3 Å². The molecule has 3 nitrogen and oxygen atoms in total. The van der Waals surface area contributed by atoms with Crippen molar-refractivity contribution in [2.24, 2.45) is 11.7 Å². The number of hydrogen-bond acceptors (Lipinski definition) is 2. The molecule has 8 aromatic rings. The van der Waals surface area contributed by atoms with Gasteiger partial charge in [-0.05, 0) is 122 Å². The highest BCUT2D eigenvalue weighted by Gasteiger charge is 2.24. The minimum atomic E-state index is 0.261. The lowest BCUT2D eigenvalue weighted by Gasteiger charge is -2.27. The van der Waals surface area contributed by atoms with Gasteiger partial charge in [-0.15, -0.1) is 0 Å². The quantitative estimate of drug-likeness (QED) is 0.149. The summed E-state index contributed by atoms with van der Waals surface area (Å²) in [4.78, 5) is 4.49. The van der Waals surface area contributed by atoms with E-state index in [1.165, 1.54) is 66.2 Å². The molecule has 6 aromatic carbocycles. The van der Waals surface area contributed by atoms with Crippen LogP contribution in [-0.4, -0.2) is 9.55 Å². The molecule has 0 bridgehead atoms. The van der Waals surface area contributed by atoms with Crippen molar-refractivity contribution in [2.75, 3.05) is 0 Å². The van der Waals surface area contributed by atoms with Crippen molar-refractivity contribution in [2.45, 2.75) is 25.7 Å². The molecule has 284 valence electrons. The van der Waals surface area contributed by atoms with Crippen molar-refractivity contribution in [3.05, 3.63) is 245 Å². The molecule has 0 fully saturated rings. The number of allylic oxidation sites excluding steroid dienone is 10. The number of nitrogens with two attached hydrogens (primary N) is 1. The zero-order valence-electron chi connectivity index (χ0n) is 33.0. The van der Waals surface area contributed by atoms with Crippen molar-refractivity contribution >= 4 is 49.8 Å². The van der Waals surface area contributed by atoms with Crippen LogP contribution in [-0.2, 0) is 19.3 Å². The number of benzene rings is 6. The summed E-state index contributed by atoms with van der Waals surface area (Å²) < 4.78 is 2.33. The Balaban J connectivity index is 1.01. The number of rotatable bonds is 9. The average molecular weight is 760 g/mol. The maximum atomic E-state index is 6.46. The van der Waals surface area contributed by atoms with Crippen molar-refractivity contribution in [1.29, 1.82) is 0 Å². The first-order valence-corrected chi connectivity index (χ1v) is 20.6. The van der Waals surface area contributed by atoms with Crippen molar-refractivity contribution in [1.82, 2.24) is 9.55 Å². The van der Waals surface area contributed by atoms with Crippen LogP contribution in [0.2, 0.25) is 0 Å². The van der Waals surface area contributed by atoms with Gasteiger partial charge in [0.1, 0.15) is 0 Å². The molecule has 2 aliphatic rings. The van der Waals surface area contributed by atoms with E-state index in [1.807, 2.05) is 12.4 Å². The highest BCUT2D eigenvalue weighted by molar-refractivity contribution is 6.09. The Morgan fingerprint density at radius 3 is 2.44 bits per heavy atom. The van der Waals surface area contributed by atoms with Gasteiger partial charge in [0.2, 0.25) is 0 Å². The molecule has 2 N–H and O–H groups in total. The van der Waals surface area contributed by atoms with E-state index in [4.69, 9.17) is 5.73 Å². The Morgan fingerprint density at radius 2 is 1.56 bits per heavy atom. The maximum absolute atomic E-state index is 6.46. The first kappa shape index (κ1) is 36.1. The lowest BCUT2D eigenvalue weighted by molar-refractivity contribution is 0.807. The van der Waals surface area contributed by atoms with Gasteiger partial charge in [0, 0.05) is 41.0 Å². The normalized spacial score (nSPS) is 16.1. The fourth-order valence-corrected chi connectivity index (χ4v) is 9.15. The summed E-state index contributed by atoms with van der Waals surface area (Å²) in [6, 6.07) is 50.8. The molecule has 2 aromatic heterocycles. The van der Waals surface area contributed by atoms with Gasteiger partial charge in [-0.1, -0.05) is 158 Å². The summed E-state index contributed by atoms with van der Waals surface area (Å²) in [6.07, 6.45) is 27.2. The molecular weight excluding hydrogens is 715 g/mol. The average Bonchev–Trinajstić information content (AvgIpc) is 3.62. The summed E-state index contributed by atoms with van der Waals surface area (Å²) >= 11 is 0. The minimum absolute atomic E-state index is 0.261. The van der Waals surface area contributed by atoms with E-state index in [2.05, 4.69) is 198 Å². The van der Waals surface area contributed by atoms with Gasteiger partial charge in [-0.25, -0.2) is 0 Å². The Bertz CT molecular complexity index is 3060. The van der Waals surface area contributed by atoms with Crippen LogP contribution in [0, 0.1) is 5.92 Å². The number of aromatic nitrogens is 2. The third-order valence-electron chi connectivity index (χ3n) is 12.0. The molecule has 0 amide bonds. The molecule has 0 aliphatic heterocycles. The molecule has 10 rings (SSSR count). The van der Waals surface area contributed by atoms with Gasteiger partial charge in [0.15, 0.2) is 0 Å². The van der Waals surface area contributed by atoms with E-state index >= 15 is 0 Å². The predicted molar refractivity (Wildman–Crippen MR) is 249 cm³/mol. The van der Waals surface area contributed by atoms with Gasteiger partial charge in [0.25, 0.3) is 0 Å². The summed E-state index contributed by atoms with van der Waals surface area (Å²) in [5.74, 6) is 0.261. The largest absolute Gasteiger partial charge is 0.404 e. The number of fused-ring (bicyclic) bond motifs is 5. The van der Waals surface area contributed by atoms with Crippen LogP contribution in [0.15, 0.2) is 206 Å². The first-order chi connectivity index (χ1) is 29.2. The molecule has 0 radical (unpaired) electrons. The molecule has 59 heavy (non-hydrogen) atoms. The van der Waals surface area contributed by atoms with Crippen LogP contribution in [0.25, 0.3) is 55.5 Å². The van der Waals surface area contributed by atoms with Gasteiger partial charge in [-0.2, -0.15) is 0 Å². The standard InChI is InChI=1S/C56H45N3/c57-37-48(19-11-12-39-23-29-54-52(34-39)53-38-58-31-30-55(53)59(54)50-20-5-2-6-21-50)46-27-28-51(49(36-46)33-40-22-24-41-13-7-9-17-44(41)32-40)56(43-15-3-1-4-16-43)47-26-25-42-14-8-10-18-45(42)35-47/h1-11,13-15,17-32,34,36-38,47H,12,16,33,35,57H2/b19-11-,48-37+,56-43-. The van der Waals surface area contributed by atoms with E-state index < -0.39 is 0 Å². The molecule has 1 atom stereocenters. The molecule has 2 aliphatic carbocycles. The zero-order valence-corrected chi connectivity index (χ0v) is 33.0. The van der Waals surface area contributed by atoms with E-state index in [9.17, 15) is 0 Å². The molecule has 0 spiro atoms. The first-order valence-electron chi connectivity index (χ1n) is 20.6. The maximum Gasteiger partial charge on any atom is 0.0571 e. The van der Waals surface area contributed by atoms with E-state index in [-0.39, 0.29) is 5.92 Å². The van der Waals surface area contributed by atoms with Crippen LogP contribution in [0.3, 0.4) is 0 Å². The van der Waals surface area contributed by atoms with E-state index in [0.29, 0.717) is 0 Å². The van der Waals surface area contributed by atoms with Crippen LogP contribution in [0.4, 0.5) is 0 Å². The predicted octanol–water partition coefficient (Wildman–Crippen LogP) is 13.2. The summed E-state index contributed by atoms with van der Waals surface area (Å²) in [5.41, 5.74) is 22.7. The Morgan fingerprint density at radius 1 is 0.729 bits per heavy atom. The monoisotopic (exact) mass is 759 g/mol. The van der Waals surface area contributed by atoms with E-state index in [1.54, 1.807) is 6.20 Å². The summed E-state index contributed by atoms with van der Waals surface area (Å²) in [5, 5.41) is 4.88. The fourth-order valence-electron chi connectivity index (χ4n) is 9.15. The Kier molecular flexibility index (Phi) is 9.77. The Hall–Kier alpha value is -7.23. The lowest BCUT2D eigenvalue weighted by Crippen LogP contribution is -2.13. The highest BCUT2D eigenvalue weighted by atomic mass is 15.0. The van der Waals surface area contributed by atoms with Crippen LogP contribution in [0.5, 0.6) is 0 Å². The van der Waals surface area contributed by atoms with Crippen LogP contribution >= 0.6 is 0 Å². The SMILES string of the molecule is N/C=C(\C=C/Cc1ccc2c(c1)c1cnccc1n2-c1ccccc1)c1ccc(/C(=C2/C=CC=CC2)C2C=Cc3ccccc3C2)c(Cc2ccc3ccccc3c2)c1. The lowest BCUT2D eigenvalue weighted by atomic mass is 9.77. The molecule has 2 heterocycles. The van der Waals surface area contributed by atoms with Crippen LogP contribution in [0.1, 0.15) is 45.4 Å². The van der Waals surface area contributed by atoms with Gasteiger partial charge in [0.05, 0.1) is 11.0 Å². The third-order valence-corrected chi connectivity index (χ3v) is 12.0. The topological polar surface area (TPSA) is 43.8 Å². The molecular formula is C56H45N3. The minimum Gasteiger partial charge on any atom is -0.404 e. The number of nitrogens with zero attached hydrogens (tertiary/aromatic N) is 2.